The smallest absolute Gasteiger partial charge is 0.266 e. The fourth-order valence-corrected chi connectivity index (χ4v) is 3.48. The monoisotopic (exact) mass is 416 g/mol. The molecule has 0 atom stereocenters. The van der Waals surface area contributed by atoms with Crippen LogP contribution < -0.4 is 15.6 Å². The van der Waals surface area contributed by atoms with Crippen LogP contribution in [0.25, 0.3) is 5.82 Å². The summed E-state index contributed by atoms with van der Waals surface area (Å²) in [5.74, 6) is 0.288. The Hall–Kier alpha value is -3.31. The van der Waals surface area contributed by atoms with E-state index in [1.54, 1.807) is 25.4 Å². The zero-order valence-corrected chi connectivity index (χ0v) is 16.5. The maximum absolute atomic E-state index is 12.4. The molecule has 0 saturated carbocycles. The average molecular weight is 416 g/mol. The summed E-state index contributed by atoms with van der Waals surface area (Å²) in [5, 5.41) is 10.9. The molecule has 29 heavy (non-hydrogen) atoms. The highest BCUT2D eigenvalue weighted by Gasteiger charge is 2.14. The molecule has 0 aliphatic carbocycles. The highest BCUT2D eigenvalue weighted by molar-refractivity contribution is 7.89. The van der Waals surface area contributed by atoms with Gasteiger partial charge in [0.05, 0.1) is 11.4 Å². The molecule has 10 nitrogen and oxygen atoms in total. The molecule has 0 bridgehead atoms. The van der Waals surface area contributed by atoms with Crippen molar-refractivity contribution < 1.29 is 13.2 Å². The molecule has 0 saturated heterocycles. The van der Waals surface area contributed by atoms with Gasteiger partial charge >= 0.3 is 0 Å². The lowest BCUT2D eigenvalue weighted by Gasteiger charge is -2.10. The molecule has 2 N–H and O–H groups in total. The minimum atomic E-state index is -3.77. The number of sulfonamides is 1. The van der Waals surface area contributed by atoms with Crippen LogP contribution in [0.1, 0.15) is 13.3 Å². The van der Waals surface area contributed by atoms with E-state index in [-0.39, 0.29) is 29.5 Å². The van der Waals surface area contributed by atoms with Crippen LogP contribution in [0.5, 0.6) is 0 Å². The topological polar surface area (TPSA) is 128 Å². The Labute approximate surface area is 167 Å². The number of hydrogen-bond acceptors (Lipinski definition) is 6. The van der Waals surface area contributed by atoms with Gasteiger partial charge in [0.15, 0.2) is 5.82 Å². The Morgan fingerprint density at radius 2 is 1.90 bits per heavy atom. The van der Waals surface area contributed by atoms with Crippen molar-refractivity contribution in [2.75, 3.05) is 11.9 Å². The van der Waals surface area contributed by atoms with Crippen LogP contribution in [-0.2, 0) is 21.4 Å². The summed E-state index contributed by atoms with van der Waals surface area (Å²) in [5.41, 5.74) is 0.165. The molecule has 1 amide bonds. The van der Waals surface area contributed by atoms with E-state index in [1.807, 2.05) is 0 Å². The third kappa shape index (κ3) is 5.15. The molecular weight excluding hydrogens is 396 g/mol. The van der Waals surface area contributed by atoms with Crippen LogP contribution in [0, 0.1) is 0 Å². The molecule has 2 heterocycles. The van der Waals surface area contributed by atoms with E-state index in [9.17, 15) is 18.0 Å². The van der Waals surface area contributed by atoms with E-state index in [4.69, 9.17) is 0 Å². The summed E-state index contributed by atoms with van der Waals surface area (Å²) in [4.78, 5) is 23.4. The maximum Gasteiger partial charge on any atom is 0.266 e. The quantitative estimate of drug-likeness (QED) is 0.558. The number of nitrogens with one attached hydrogen (secondary N) is 2. The Morgan fingerprint density at radius 3 is 2.55 bits per heavy atom. The van der Waals surface area contributed by atoms with E-state index in [0.717, 1.165) is 0 Å². The molecule has 0 spiro atoms. The Bertz CT molecular complexity index is 1140. The lowest BCUT2D eigenvalue weighted by molar-refractivity contribution is -0.115. The molecule has 0 aliphatic heterocycles. The zero-order chi connectivity index (χ0) is 20.9. The summed E-state index contributed by atoms with van der Waals surface area (Å²) >= 11 is 0. The molecule has 2 aromatic heterocycles. The molecule has 0 radical (unpaired) electrons. The molecular formula is C18H20N6O4S. The Kier molecular flexibility index (Phi) is 6.20. The maximum atomic E-state index is 12.4. The fourth-order valence-electron chi connectivity index (χ4n) is 2.46. The third-order valence-electron chi connectivity index (χ3n) is 3.98. The van der Waals surface area contributed by atoms with Gasteiger partial charge in [-0.25, -0.2) is 22.5 Å². The molecule has 1 aromatic carbocycles. The van der Waals surface area contributed by atoms with Gasteiger partial charge in [-0.2, -0.15) is 5.10 Å². The number of anilines is 1. The number of nitrogens with zero attached hydrogens (tertiary/aromatic N) is 4. The van der Waals surface area contributed by atoms with E-state index in [2.05, 4.69) is 20.2 Å². The first-order valence-electron chi connectivity index (χ1n) is 8.87. The number of amides is 1. The van der Waals surface area contributed by atoms with Crippen molar-refractivity contribution in [3.63, 3.8) is 0 Å². The molecule has 11 heteroatoms. The van der Waals surface area contributed by atoms with Crippen LogP contribution in [-0.4, -0.2) is 40.4 Å². The van der Waals surface area contributed by atoms with E-state index < -0.39 is 10.0 Å². The predicted molar refractivity (Wildman–Crippen MR) is 106 cm³/mol. The number of hydrogen-bond donors (Lipinski definition) is 2. The van der Waals surface area contributed by atoms with Crippen molar-refractivity contribution in [1.29, 1.82) is 0 Å². The number of benzene rings is 1. The standard InChI is InChI=1S/C18H20N6O4S/c1-2-17(25)21-14-4-6-15(7-5-14)29(27,28)20-11-13-24-18(26)9-8-16(22-24)23-12-3-10-19-23/h3-10,12,20H,2,11,13H2,1H3,(H,21,25). The van der Waals surface area contributed by atoms with Crippen LogP contribution in [0.4, 0.5) is 5.69 Å². The van der Waals surface area contributed by atoms with Crippen LogP contribution in [0.15, 0.2) is 64.5 Å². The highest BCUT2D eigenvalue weighted by Crippen LogP contribution is 2.14. The Balaban J connectivity index is 1.64. The second-order valence-electron chi connectivity index (χ2n) is 6.03. The fraction of sp³-hybridized carbons (Fsp3) is 0.222. The van der Waals surface area contributed by atoms with E-state index in [0.29, 0.717) is 17.9 Å². The van der Waals surface area contributed by atoms with Gasteiger partial charge < -0.3 is 5.32 Å². The average Bonchev–Trinajstić information content (AvgIpc) is 3.24. The summed E-state index contributed by atoms with van der Waals surface area (Å²) in [6.45, 7) is 1.76. The third-order valence-corrected chi connectivity index (χ3v) is 5.45. The highest BCUT2D eigenvalue weighted by atomic mass is 32.2. The summed E-state index contributed by atoms with van der Waals surface area (Å²) < 4.78 is 30.0. The van der Waals surface area contributed by atoms with Crippen molar-refractivity contribution in [2.24, 2.45) is 0 Å². The SMILES string of the molecule is CCC(=O)Nc1ccc(S(=O)(=O)NCCn2nc(-n3cccn3)ccc2=O)cc1. The first-order valence-corrected chi connectivity index (χ1v) is 10.3. The van der Waals surface area contributed by atoms with Gasteiger partial charge in [-0.05, 0) is 36.4 Å². The first kappa shape index (κ1) is 20.4. The first-order chi connectivity index (χ1) is 13.9. The van der Waals surface area contributed by atoms with Crippen molar-refractivity contribution >= 4 is 21.6 Å². The van der Waals surface area contributed by atoms with Crippen molar-refractivity contribution in [3.05, 3.63) is 65.2 Å². The second kappa shape index (κ2) is 8.80. The summed E-state index contributed by atoms with van der Waals surface area (Å²) in [6, 6.07) is 10.4. The van der Waals surface area contributed by atoms with Gasteiger partial charge in [-0.1, -0.05) is 6.92 Å². The minimum Gasteiger partial charge on any atom is -0.326 e. The van der Waals surface area contributed by atoms with Crippen LogP contribution >= 0.6 is 0 Å². The number of rotatable bonds is 8. The van der Waals surface area contributed by atoms with Crippen LogP contribution in [0.3, 0.4) is 0 Å². The molecule has 0 unspecified atom stereocenters. The normalized spacial score (nSPS) is 11.3. The minimum absolute atomic E-state index is 0.0217. The lowest BCUT2D eigenvalue weighted by Crippen LogP contribution is -2.32. The van der Waals surface area contributed by atoms with Gasteiger partial charge in [0.2, 0.25) is 15.9 Å². The second-order valence-corrected chi connectivity index (χ2v) is 7.79. The summed E-state index contributed by atoms with van der Waals surface area (Å²) in [7, 11) is -3.77. The zero-order valence-electron chi connectivity index (χ0n) is 15.6. The predicted octanol–water partition coefficient (Wildman–Crippen LogP) is 0.756. The van der Waals surface area contributed by atoms with Gasteiger partial charge in [0.25, 0.3) is 5.56 Å². The largest absolute Gasteiger partial charge is 0.326 e. The van der Waals surface area contributed by atoms with E-state index in [1.165, 1.54) is 45.8 Å². The van der Waals surface area contributed by atoms with Gasteiger partial charge in [0, 0.05) is 37.1 Å². The van der Waals surface area contributed by atoms with Crippen LogP contribution in [0.2, 0.25) is 0 Å². The number of carbonyl (C=O) groups is 1. The number of carbonyl (C=O) groups excluding carboxylic acids is 1. The van der Waals surface area contributed by atoms with Crippen molar-refractivity contribution in [3.8, 4) is 5.82 Å². The lowest BCUT2D eigenvalue weighted by atomic mass is 10.3. The van der Waals surface area contributed by atoms with Crippen molar-refractivity contribution in [2.45, 2.75) is 24.8 Å². The molecule has 0 fully saturated rings. The van der Waals surface area contributed by atoms with Gasteiger partial charge in [-0.15, -0.1) is 5.10 Å². The molecule has 152 valence electrons. The van der Waals surface area contributed by atoms with Gasteiger partial charge in [-0.3, -0.25) is 9.59 Å². The molecule has 3 rings (SSSR count). The van der Waals surface area contributed by atoms with E-state index >= 15 is 0 Å². The molecule has 0 aliphatic rings. The Morgan fingerprint density at radius 1 is 1.14 bits per heavy atom. The van der Waals surface area contributed by atoms with Gasteiger partial charge in [0.1, 0.15) is 0 Å². The number of aromatic nitrogens is 4. The summed E-state index contributed by atoms with van der Waals surface area (Å²) in [6.07, 6.45) is 3.60. The molecule has 3 aromatic rings. The van der Waals surface area contributed by atoms with Crippen molar-refractivity contribution in [1.82, 2.24) is 24.3 Å².